The molecule has 0 saturated carbocycles. The smallest absolute Gasteiger partial charge is 0.335 e. The number of aromatic carboxylic acids is 1. The molecule has 2 atom stereocenters. The predicted octanol–water partition coefficient (Wildman–Crippen LogP) is 3.31. The molecule has 2 unspecified atom stereocenters. The maximum absolute atomic E-state index is 12.7. The number of aryl methyl sites for hydroxylation is 1. The normalized spacial score (nSPS) is 20.0. The average molecular weight is 353 g/mol. The fourth-order valence-corrected chi connectivity index (χ4v) is 3.35. The zero-order valence-electron chi connectivity index (χ0n) is 14.8. The molecule has 2 aromatic carbocycles. The number of carboxylic acids is 1. The van der Waals surface area contributed by atoms with Crippen molar-refractivity contribution in [1.29, 1.82) is 0 Å². The molecule has 3 rings (SSSR count). The maximum Gasteiger partial charge on any atom is 0.335 e. The number of morpholine rings is 1. The van der Waals surface area contributed by atoms with E-state index in [4.69, 9.17) is 4.74 Å². The van der Waals surface area contributed by atoms with Crippen molar-refractivity contribution < 1.29 is 19.4 Å². The predicted molar refractivity (Wildman–Crippen MR) is 98.0 cm³/mol. The van der Waals surface area contributed by atoms with Gasteiger partial charge in [-0.25, -0.2) is 4.79 Å². The third-order valence-electron chi connectivity index (χ3n) is 4.64. The quantitative estimate of drug-likeness (QED) is 0.896. The lowest BCUT2D eigenvalue weighted by molar-refractivity contribution is -0.144. The van der Waals surface area contributed by atoms with E-state index in [0.717, 1.165) is 5.56 Å². The highest BCUT2D eigenvalue weighted by Gasteiger charge is 2.29. The second-order valence-electron chi connectivity index (χ2n) is 6.61. The van der Waals surface area contributed by atoms with Crippen molar-refractivity contribution in [2.45, 2.75) is 32.0 Å². The van der Waals surface area contributed by atoms with Crippen LogP contribution in [0.5, 0.6) is 0 Å². The van der Waals surface area contributed by atoms with Crippen LogP contribution in [-0.4, -0.2) is 41.1 Å². The number of hydrogen-bond acceptors (Lipinski definition) is 3. The first kappa shape index (κ1) is 18.1. The van der Waals surface area contributed by atoms with Crippen LogP contribution in [0.25, 0.3) is 0 Å². The summed E-state index contributed by atoms with van der Waals surface area (Å²) < 4.78 is 5.99. The third kappa shape index (κ3) is 4.29. The van der Waals surface area contributed by atoms with Crippen molar-refractivity contribution >= 4 is 11.9 Å². The van der Waals surface area contributed by atoms with E-state index in [1.165, 1.54) is 0 Å². The van der Waals surface area contributed by atoms with Gasteiger partial charge in [-0.1, -0.05) is 48.5 Å². The van der Waals surface area contributed by atoms with Gasteiger partial charge in [0.25, 0.3) is 0 Å². The first-order valence-corrected chi connectivity index (χ1v) is 8.84. The van der Waals surface area contributed by atoms with Crippen molar-refractivity contribution in [2.24, 2.45) is 0 Å². The molecule has 5 heteroatoms. The van der Waals surface area contributed by atoms with Gasteiger partial charge in [0.05, 0.1) is 18.2 Å². The molecule has 2 aromatic rings. The van der Waals surface area contributed by atoms with E-state index in [1.54, 1.807) is 24.3 Å². The molecule has 1 amide bonds. The van der Waals surface area contributed by atoms with Crippen molar-refractivity contribution in [1.82, 2.24) is 4.90 Å². The first-order valence-electron chi connectivity index (χ1n) is 8.84. The minimum Gasteiger partial charge on any atom is -0.478 e. The van der Waals surface area contributed by atoms with Crippen molar-refractivity contribution in [3.63, 3.8) is 0 Å². The molecule has 136 valence electrons. The summed E-state index contributed by atoms with van der Waals surface area (Å²) in [5.41, 5.74) is 2.01. The fraction of sp³-hybridized carbons (Fsp3) is 0.333. The van der Waals surface area contributed by atoms with Gasteiger partial charge in [-0.3, -0.25) is 4.79 Å². The van der Waals surface area contributed by atoms with E-state index in [9.17, 15) is 14.7 Å². The van der Waals surface area contributed by atoms with Gasteiger partial charge in [0.2, 0.25) is 5.91 Å². The van der Waals surface area contributed by atoms with Gasteiger partial charge >= 0.3 is 5.97 Å². The van der Waals surface area contributed by atoms with Gasteiger partial charge in [0, 0.05) is 13.0 Å². The number of nitrogens with zero attached hydrogens (tertiary/aromatic N) is 1. The molecule has 0 aromatic heterocycles. The Kier molecular flexibility index (Phi) is 5.68. The van der Waals surface area contributed by atoms with Gasteiger partial charge in [0.1, 0.15) is 6.10 Å². The van der Waals surface area contributed by atoms with E-state index in [0.29, 0.717) is 31.5 Å². The van der Waals surface area contributed by atoms with E-state index in [-0.39, 0.29) is 23.7 Å². The average Bonchev–Trinajstić information content (AvgIpc) is 2.66. The number of rotatable bonds is 5. The van der Waals surface area contributed by atoms with Crippen LogP contribution >= 0.6 is 0 Å². The molecule has 1 saturated heterocycles. The molecule has 1 fully saturated rings. The summed E-state index contributed by atoms with van der Waals surface area (Å²) in [4.78, 5) is 25.8. The Morgan fingerprint density at radius 2 is 1.77 bits per heavy atom. The minimum atomic E-state index is -0.961. The molecule has 0 radical (unpaired) electrons. The van der Waals surface area contributed by atoms with Crippen LogP contribution in [0.4, 0.5) is 0 Å². The fourth-order valence-electron chi connectivity index (χ4n) is 3.35. The van der Waals surface area contributed by atoms with Gasteiger partial charge in [-0.05, 0) is 30.5 Å². The van der Waals surface area contributed by atoms with Gasteiger partial charge < -0.3 is 14.7 Å². The third-order valence-corrected chi connectivity index (χ3v) is 4.64. The largest absolute Gasteiger partial charge is 0.478 e. The number of hydrogen-bond donors (Lipinski definition) is 1. The van der Waals surface area contributed by atoms with Gasteiger partial charge in [-0.2, -0.15) is 0 Å². The molecule has 0 spiro atoms. The standard InChI is InChI=1S/C21H23NO4/c1-15-13-22(14-19(26-15)17-8-3-2-4-9-17)20(23)12-11-16-7-5-6-10-18(16)21(24)25/h2-10,15,19H,11-14H2,1H3,(H,24,25). The molecule has 1 aliphatic rings. The second-order valence-corrected chi connectivity index (χ2v) is 6.61. The van der Waals surface area contributed by atoms with Crippen molar-refractivity contribution in [2.75, 3.05) is 13.1 Å². The highest BCUT2D eigenvalue weighted by atomic mass is 16.5. The lowest BCUT2D eigenvalue weighted by atomic mass is 10.0. The maximum atomic E-state index is 12.7. The molecule has 1 aliphatic heterocycles. The SMILES string of the molecule is CC1CN(C(=O)CCc2ccccc2C(=O)O)CC(c2ccccc2)O1. The minimum absolute atomic E-state index is 0.0290. The monoisotopic (exact) mass is 353 g/mol. The van der Waals surface area contributed by atoms with Crippen molar-refractivity contribution in [3.05, 3.63) is 71.3 Å². The molecule has 1 heterocycles. The van der Waals surface area contributed by atoms with Crippen LogP contribution in [0, 0.1) is 0 Å². The zero-order chi connectivity index (χ0) is 18.5. The number of amides is 1. The number of carboxylic acid groups (broad SMARTS) is 1. The van der Waals surface area contributed by atoms with Crippen LogP contribution in [-0.2, 0) is 16.0 Å². The second kappa shape index (κ2) is 8.15. The van der Waals surface area contributed by atoms with Crippen LogP contribution in [0.1, 0.15) is 40.9 Å². The summed E-state index contributed by atoms with van der Waals surface area (Å²) >= 11 is 0. The molecule has 0 bridgehead atoms. The van der Waals surface area contributed by atoms with Gasteiger partial charge in [0.15, 0.2) is 0 Å². The van der Waals surface area contributed by atoms with E-state index in [1.807, 2.05) is 42.2 Å². The topological polar surface area (TPSA) is 66.8 Å². The number of benzene rings is 2. The Hall–Kier alpha value is -2.66. The summed E-state index contributed by atoms with van der Waals surface area (Å²) in [7, 11) is 0. The number of carbonyl (C=O) groups is 2. The summed E-state index contributed by atoms with van der Waals surface area (Å²) in [6.45, 7) is 3.05. The molecular formula is C21H23NO4. The molecular weight excluding hydrogens is 330 g/mol. The van der Waals surface area contributed by atoms with E-state index < -0.39 is 5.97 Å². The Morgan fingerprint density at radius 1 is 1.08 bits per heavy atom. The van der Waals surface area contributed by atoms with E-state index in [2.05, 4.69) is 0 Å². The van der Waals surface area contributed by atoms with Crippen LogP contribution in [0.3, 0.4) is 0 Å². The lowest BCUT2D eigenvalue weighted by Gasteiger charge is -2.37. The Bertz CT molecular complexity index is 775. The highest BCUT2D eigenvalue weighted by Crippen LogP contribution is 2.25. The van der Waals surface area contributed by atoms with Crippen LogP contribution in [0.2, 0.25) is 0 Å². The number of carbonyl (C=O) groups excluding carboxylic acids is 1. The Balaban J connectivity index is 1.65. The summed E-state index contributed by atoms with van der Waals surface area (Å²) in [6.07, 6.45) is 0.543. The molecule has 26 heavy (non-hydrogen) atoms. The van der Waals surface area contributed by atoms with Gasteiger partial charge in [-0.15, -0.1) is 0 Å². The first-order chi connectivity index (χ1) is 12.5. The van der Waals surface area contributed by atoms with E-state index >= 15 is 0 Å². The summed E-state index contributed by atoms with van der Waals surface area (Å²) in [6, 6.07) is 16.7. The molecule has 5 nitrogen and oxygen atoms in total. The van der Waals surface area contributed by atoms with Crippen LogP contribution in [0.15, 0.2) is 54.6 Å². The van der Waals surface area contributed by atoms with Crippen LogP contribution < -0.4 is 0 Å². The summed E-state index contributed by atoms with van der Waals surface area (Å²) in [5, 5.41) is 9.26. The number of ether oxygens (including phenoxy) is 1. The zero-order valence-corrected chi connectivity index (χ0v) is 14.8. The molecule has 1 N–H and O–H groups in total. The Morgan fingerprint density at radius 3 is 2.50 bits per heavy atom. The summed E-state index contributed by atoms with van der Waals surface area (Å²) in [5.74, 6) is -0.932. The molecule has 0 aliphatic carbocycles. The highest BCUT2D eigenvalue weighted by molar-refractivity contribution is 5.89. The van der Waals surface area contributed by atoms with Crippen molar-refractivity contribution in [3.8, 4) is 0 Å². The lowest BCUT2D eigenvalue weighted by Crippen LogP contribution is -2.46. The Labute approximate surface area is 153 Å².